The van der Waals surface area contributed by atoms with E-state index >= 15 is 0 Å². The number of carbonyl (C=O) groups excluding carboxylic acids is 2. The fourth-order valence-electron chi connectivity index (χ4n) is 2.55. The molecule has 3 rings (SSSR count). The Morgan fingerprint density at radius 2 is 1.56 bits per heavy atom. The molecule has 130 valence electrons. The molecule has 0 saturated carbocycles. The molecule has 1 saturated heterocycles. The van der Waals surface area contributed by atoms with E-state index in [1.807, 2.05) is 0 Å². The van der Waals surface area contributed by atoms with Crippen LogP contribution in [-0.4, -0.2) is 43.0 Å². The van der Waals surface area contributed by atoms with Gasteiger partial charge in [0.15, 0.2) is 0 Å². The van der Waals surface area contributed by atoms with Crippen molar-refractivity contribution in [2.24, 2.45) is 0 Å². The number of hydrogen-bond acceptors (Lipinski definition) is 3. The van der Waals surface area contributed by atoms with Crippen molar-refractivity contribution in [2.45, 2.75) is 0 Å². The monoisotopic (exact) mass is 346 g/mol. The molecule has 2 aromatic carbocycles. The molecule has 0 spiro atoms. The third-order valence-corrected chi connectivity index (χ3v) is 3.87. The van der Waals surface area contributed by atoms with Gasteiger partial charge in [0.1, 0.15) is 17.3 Å². The van der Waals surface area contributed by atoms with E-state index in [0.717, 1.165) is 12.1 Å². The zero-order valence-electron chi connectivity index (χ0n) is 13.3. The second kappa shape index (κ2) is 7.40. The Hall–Kier alpha value is -2.80. The van der Waals surface area contributed by atoms with E-state index in [4.69, 9.17) is 4.74 Å². The number of amides is 2. The van der Waals surface area contributed by atoms with Gasteiger partial charge in [0.25, 0.3) is 11.8 Å². The molecule has 0 atom stereocenters. The smallest absolute Gasteiger partial charge is 0.255 e. The van der Waals surface area contributed by atoms with Crippen LogP contribution in [0.1, 0.15) is 20.7 Å². The molecular weight excluding hydrogens is 330 g/mol. The van der Waals surface area contributed by atoms with E-state index in [-0.39, 0.29) is 11.5 Å². The third kappa shape index (κ3) is 3.83. The van der Waals surface area contributed by atoms with E-state index in [2.05, 4.69) is 5.32 Å². The average Bonchev–Trinajstić information content (AvgIpc) is 2.65. The van der Waals surface area contributed by atoms with Gasteiger partial charge >= 0.3 is 0 Å². The summed E-state index contributed by atoms with van der Waals surface area (Å²) in [4.78, 5) is 26.4. The third-order valence-electron chi connectivity index (χ3n) is 3.87. The highest BCUT2D eigenvalue weighted by atomic mass is 19.1. The van der Waals surface area contributed by atoms with Crippen molar-refractivity contribution in [1.29, 1.82) is 0 Å². The van der Waals surface area contributed by atoms with Gasteiger partial charge in [0.2, 0.25) is 0 Å². The van der Waals surface area contributed by atoms with Crippen LogP contribution in [0.3, 0.4) is 0 Å². The first-order chi connectivity index (χ1) is 12.1. The van der Waals surface area contributed by atoms with Gasteiger partial charge in [-0.15, -0.1) is 0 Å². The maximum absolute atomic E-state index is 13.6. The van der Waals surface area contributed by atoms with Gasteiger partial charge in [-0.25, -0.2) is 8.78 Å². The number of hydrogen-bond donors (Lipinski definition) is 1. The second-order valence-electron chi connectivity index (χ2n) is 5.54. The summed E-state index contributed by atoms with van der Waals surface area (Å²) in [6.45, 7) is 1.91. The minimum absolute atomic E-state index is 0.141. The quantitative estimate of drug-likeness (QED) is 0.930. The number of morpholine rings is 1. The molecule has 1 fully saturated rings. The molecule has 1 N–H and O–H groups in total. The molecule has 1 aliphatic rings. The van der Waals surface area contributed by atoms with Gasteiger partial charge in [0.05, 0.1) is 13.2 Å². The average molecular weight is 346 g/mol. The summed E-state index contributed by atoms with van der Waals surface area (Å²) >= 11 is 0. The zero-order valence-corrected chi connectivity index (χ0v) is 13.3. The summed E-state index contributed by atoms with van der Waals surface area (Å²) in [7, 11) is 0. The minimum atomic E-state index is -0.867. The molecule has 25 heavy (non-hydrogen) atoms. The maximum atomic E-state index is 13.6. The van der Waals surface area contributed by atoms with Crippen LogP contribution in [-0.2, 0) is 4.74 Å². The van der Waals surface area contributed by atoms with Gasteiger partial charge in [-0.05, 0) is 30.3 Å². The van der Waals surface area contributed by atoms with Crippen LogP contribution in [0.4, 0.5) is 14.5 Å². The van der Waals surface area contributed by atoms with Gasteiger partial charge < -0.3 is 15.0 Å². The molecule has 0 aromatic heterocycles. The molecule has 5 nitrogen and oxygen atoms in total. The Morgan fingerprint density at radius 3 is 2.24 bits per heavy atom. The summed E-state index contributed by atoms with van der Waals surface area (Å²) < 4.78 is 32.5. The van der Waals surface area contributed by atoms with Gasteiger partial charge in [-0.2, -0.15) is 0 Å². The Kier molecular flexibility index (Phi) is 5.04. The molecular formula is C18H16F2N2O3. The van der Waals surface area contributed by atoms with E-state index < -0.39 is 23.2 Å². The number of halogens is 2. The van der Waals surface area contributed by atoms with Crippen molar-refractivity contribution in [3.63, 3.8) is 0 Å². The summed E-state index contributed by atoms with van der Waals surface area (Å²) in [5.74, 6) is -2.64. The number of rotatable bonds is 3. The van der Waals surface area contributed by atoms with Crippen LogP contribution in [0.5, 0.6) is 0 Å². The van der Waals surface area contributed by atoms with E-state index in [9.17, 15) is 18.4 Å². The van der Waals surface area contributed by atoms with Crippen LogP contribution in [0, 0.1) is 11.6 Å². The topological polar surface area (TPSA) is 58.6 Å². The number of anilines is 1. The van der Waals surface area contributed by atoms with Crippen molar-refractivity contribution in [3.8, 4) is 0 Å². The van der Waals surface area contributed by atoms with Crippen molar-refractivity contribution in [1.82, 2.24) is 4.90 Å². The molecule has 0 bridgehead atoms. The number of benzene rings is 2. The number of nitrogens with zero attached hydrogens (tertiary/aromatic N) is 1. The summed E-state index contributed by atoms with van der Waals surface area (Å²) in [6, 6.07) is 9.35. The van der Waals surface area contributed by atoms with Crippen LogP contribution in [0.25, 0.3) is 0 Å². The molecule has 2 amide bonds. The summed E-state index contributed by atoms with van der Waals surface area (Å²) in [5.41, 5.74) is -0.0391. The summed E-state index contributed by atoms with van der Waals surface area (Å²) in [5, 5.41) is 2.21. The number of nitrogens with one attached hydrogen (secondary N) is 1. The fourth-order valence-corrected chi connectivity index (χ4v) is 2.55. The predicted molar refractivity (Wildman–Crippen MR) is 87.5 cm³/mol. The van der Waals surface area contributed by atoms with E-state index in [1.165, 1.54) is 18.2 Å². The van der Waals surface area contributed by atoms with Gasteiger partial charge in [0, 0.05) is 24.2 Å². The van der Waals surface area contributed by atoms with Crippen LogP contribution in [0.2, 0.25) is 0 Å². The summed E-state index contributed by atoms with van der Waals surface area (Å²) in [6.07, 6.45) is 0. The second-order valence-corrected chi connectivity index (χ2v) is 5.54. The Morgan fingerprint density at radius 1 is 0.960 bits per heavy atom. The number of ether oxygens (including phenoxy) is 1. The lowest BCUT2D eigenvalue weighted by atomic mass is 10.1. The molecule has 0 unspecified atom stereocenters. The van der Waals surface area contributed by atoms with Crippen molar-refractivity contribution >= 4 is 17.5 Å². The Balaban J connectivity index is 1.78. The lowest BCUT2D eigenvalue weighted by molar-refractivity contribution is 0.0303. The molecule has 7 heteroatoms. The predicted octanol–water partition coefficient (Wildman–Crippen LogP) is 2.69. The molecule has 0 radical (unpaired) electrons. The fraction of sp³-hybridized carbons (Fsp3) is 0.222. The largest absolute Gasteiger partial charge is 0.378 e. The molecule has 2 aromatic rings. The van der Waals surface area contributed by atoms with Crippen molar-refractivity contribution < 1.29 is 23.1 Å². The van der Waals surface area contributed by atoms with E-state index in [0.29, 0.717) is 31.9 Å². The van der Waals surface area contributed by atoms with Gasteiger partial charge in [-0.3, -0.25) is 9.59 Å². The Labute approximate surface area is 143 Å². The highest BCUT2D eigenvalue weighted by Gasteiger charge is 2.20. The highest BCUT2D eigenvalue weighted by Crippen LogP contribution is 2.19. The maximum Gasteiger partial charge on any atom is 0.255 e. The van der Waals surface area contributed by atoms with E-state index in [1.54, 1.807) is 17.0 Å². The first kappa shape index (κ1) is 17.0. The number of carbonyl (C=O) groups is 2. The van der Waals surface area contributed by atoms with Crippen LogP contribution in [0.15, 0.2) is 42.5 Å². The highest BCUT2D eigenvalue weighted by molar-refractivity contribution is 6.06. The van der Waals surface area contributed by atoms with Crippen LogP contribution >= 0.6 is 0 Å². The standard InChI is InChI=1S/C18H16F2N2O3/c19-14-5-2-6-15(20)16(14)21-17(23)12-3-1-4-13(11-12)18(24)22-7-9-25-10-8-22/h1-6,11H,7-10H2,(H,21,23). The normalized spacial score (nSPS) is 14.2. The van der Waals surface area contributed by atoms with Crippen LogP contribution < -0.4 is 5.32 Å². The molecule has 1 heterocycles. The molecule has 1 aliphatic heterocycles. The zero-order chi connectivity index (χ0) is 17.8. The van der Waals surface area contributed by atoms with Crippen molar-refractivity contribution in [3.05, 3.63) is 65.2 Å². The minimum Gasteiger partial charge on any atom is -0.378 e. The molecule has 0 aliphatic carbocycles. The lowest BCUT2D eigenvalue weighted by Gasteiger charge is -2.27. The lowest BCUT2D eigenvalue weighted by Crippen LogP contribution is -2.40. The number of para-hydroxylation sites is 1. The first-order valence-corrected chi connectivity index (χ1v) is 7.79. The SMILES string of the molecule is O=C(Nc1c(F)cccc1F)c1cccc(C(=O)N2CCOCC2)c1. The van der Waals surface area contributed by atoms with Gasteiger partial charge in [-0.1, -0.05) is 12.1 Å². The first-order valence-electron chi connectivity index (χ1n) is 7.79. The van der Waals surface area contributed by atoms with Crippen molar-refractivity contribution in [2.75, 3.05) is 31.6 Å². The Bertz CT molecular complexity index is 784.